The summed E-state index contributed by atoms with van der Waals surface area (Å²) in [4.78, 5) is 11.6. The molecule has 0 aliphatic heterocycles. The fourth-order valence-corrected chi connectivity index (χ4v) is 1.42. The van der Waals surface area contributed by atoms with Crippen molar-refractivity contribution in [2.45, 2.75) is 5.92 Å². The normalized spacial score (nSPS) is 10.6. The van der Waals surface area contributed by atoms with Crippen molar-refractivity contribution in [1.29, 1.82) is 0 Å². The lowest BCUT2D eigenvalue weighted by molar-refractivity contribution is 0.0119. The Bertz CT molecular complexity index is 306. The number of hydrogen-bond acceptors (Lipinski definition) is 3. The first kappa shape index (κ1) is 14.3. The molecule has 3 N–H and O–H groups in total. The lowest BCUT2D eigenvalue weighted by atomic mass is 10.3. The molecule has 7 heteroatoms. The molecule has 3 nitrogen and oxygen atoms in total. The van der Waals surface area contributed by atoms with Crippen LogP contribution in [0.5, 0.6) is 0 Å². The van der Waals surface area contributed by atoms with E-state index in [4.69, 9.17) is 5.73 Å². The van der Waals surface area contributed by atoms with Crippen molar-refractivity contribution in [1.82, 2.24) is 5.32 Å². The molecule has 0 radical (unpaired) electrons. The predicted octanol–water partition coefficient (Wildman–Crippen LogP) is 1.49. The third kappa shape index (κ3) is 4.55. The quantitative estimate of drug-likeness (QED) is 0.858. The highest BCUT2D eigenvalue weighted by molar-refractivity contribution is 7.12. The van der Waals surface area contributed by atoms with E-state index >= 15 is 0 Å². The summed E-state index contributed by atoms with van der Waals surface area (Å²) in [6, 6.07) is 3.25. The third-order valence-corrected chi connectivity index (χ3v) is 2.42. The van der Waals surface area contributed by atoms with Crippen LogP contribution in [-0.2, 0) is 0 Å². The Kier molecular flexibility index (Phi) is 5.71. The first-order chi connectivity index (χ1) is 6.55. The molecule has 0 unspecified atom stereocenters. The molecule has 0 bridgehead atoms. The predicted molar refractivity (Wildman–Crippen MR) is 57.9 cm³/mol. The summed E-state index contributed by atoms with van der Waals surface area (Å²) < 4.78 is 25.2. The maximum Gasteiger partial charge on any atom is 0.277 e. The fourth-order valence-electron chi connectivity index (χ4n) is 0.777. The number of alkyl halides is 2. The SMILES string of the molecule is Cl.NCC(F)(F)CNC(=O)c1cccs1. The largest absolute Gasteiger partial charge is 0.345 e. The zero-order chi connectivity index (χ0) is 10.6. The Morgan fingerprint density at radius 3 is 2.73 bits per heavy atom. The van der Waals surface area contributed by atoms with Gasteiger partial charge in [-0.3, -0.25) is 4.79 Å². The summed E-state index contributed by atoms with van der Waals surface area (Å²) in [6.07, 6.45) is 0. The average Bonchev–Trinajstić information content (AvgIpc) is 2.67. The zero-order valence-electron chi connectivity index (χ0n) is 7.70. The first-order valence-corrected chi connectivity index (χ1v) is 4.83. The Balaban J connectivity index is 0.00000196. The number of carbonyl (C=O) groups excluding carboxylic acids is 1. The number of thiophene rings is 1. The summed E-state index contributed by atoms with van der Waals surface area (Å²) in [6.45, 7) is -1.49. The van der Waals surface area contributed by atoms with Gasteiger partial charge in [-0.15, -0.1) is 23.7 Å². The maximum atomic E-state index is 12.6. The number of carbonyl (C=O) groups is 1. The Morgan fingerprint density at radius 2 is 2.27 bits per heavy atom. The molecule has 86 valence electrons. The second-order valence-electron chi connectivity index (χ2n) is 2.72. The van der Waals surface area contributed by atoms with E-state index in [0.717, 1.165) is 0 Å². The molecule has 0 fully saturated rings. The van der Waals surface area contributed by atoms with E-state index in [1.165, 1.54) is 11.3 Å². The fraction of sp³-hybridized carbons (Fsp3) is 0.375. The number of amides is 1. The minimum atomic E-state index is -3.03. The van der Waals surface area contributed by atoms with Crippen LogP contribution in [-0.4, -0.2) is 24.9 Å². The van der Waals surface area contributed by atoms with Crippen molar-refractivity contribution in [2.75, 3.05) is 13.1 Å². The smallest absolute Gasteiger partial charge is 0.277 e. The van der Waals surface area contributed by atoms with Crippen LogP contribution in [0.2, 0.25) is 0 Å². The van der Waals surface area contributed by atoms with E-state index < -0.39 is 24.9 Å². The molecule has 15 heavy (non-hydrogen) atoms. The maximum absolute atomic E-state index is 12.6. The van der Waals surface area contributed by atoms with Crippen molar-refractivity contribution in [3.05, 3.63) is 22.4 Å². The highest BCUT2D eigenvalue weighted by atomic mass is 35.5. The highest BCUT2D eigenvalue weighted by Gasteiger charge is 2.27. The van der Waals surface area contributed by atoms with Crippen molar-refractivity contribution in [3.63, 3.8) is 0 Å². The van der Waals surface area contributed by atoms with E-state index in [-0.39, 0.29) is 12.4 Å². The lowest BCUT2D eigenvalue weighted by Gasteiger charge is -2.13. The molecule has 0 aliphatic carbocycles. The molecular formula is C8H11ClF2N2OS. The number of halogens is 3. The van der Waals surface area contributed by atoms with Gasteiger partial charge in [-0.05, 0) is 11.4 Å². The number of nitrogens with two attached hydrogens (primary N) is 1. The van der Waals surface area contributed by atoms with Gasteiger partial charge in [-0.25, -0.2) is 8.78 Å². The monoisotopic (exact) mass is 256 g/mol. The van der Waals surface area contributed by atoms with Crippen molar-refractivity contribution in [3.8, 4) is 0 Å². The first-order valence-electron chi connectivity index (χ1n) is 3.95. The van der Waals surface area contributed by atoms with Crippen LogP contribution in [0.4, 0.5) is 8.78 Å². The third-order valence-electron chi connectivity index (χ3n) is 1.55. The van der Waals surface area contributed by atoms with E-state index in [0.29, 0.717) is 4.88 Å². The second-order valence-corrected chi connectivity index (χ2v) is 3.67. The summed E-state index contributed by atoms with van der Waals surface area (Å²) in [7, 11) is 0. The number of rotatable bonds is 4. The van der Waals surface area contributed by atoms with E-state index in [1.807, 2.05) is 0 Å². The van der Waals surface area contributed by atoms with Gasteiger partial charge in [0.1, 0.15) is 0 Å². The van der Waals surface area contributed by atoms with Gasteiger partial charge < -0.3 is 11.1 Å². The topological polar surface area (TPSA) is 55.1 Å². The number of hydrogen-bond donors (Lipinski definition) is 2. The Hall–Kier alpha value is -0.720. The summed E-state index contributed by atoms with van der Waals surface area (Å²) in [5, 5.41) is 3.82. The van der Waals surface area contributed by atoms with Gasteiger partial charge in [0.05, 0.1) is 18.0 Å². The average molecular weight is 257 g/mol. The lowest BCUT2D eigenvalue weighted by Crippen LogP contribution is -2.41. The molecule has 1 amide bonds. The minimum absolute atomic E-state index is 0. The standard InChI is InChI=1S/C8H10F2N2OS.ClH/c9-8(10,4-11)5-12-7(13)6-2-1-3-14-6;/h1-3H,4-5,11H2,(H,12,13);1H. The van der Waals surface area contributed by atoms with Crippen LogP contribution in [0.1, 0.15) is 9.67 Å². The molecule has 0 saturated carbocycles. The van der Waals surface area contributed by atoms with E-state index in [9.17, 15) is 13.6 Å². The molecule has 0 spiro atoms. The molecule has 1 aromatic rings. The summed E-state index contributed by atoms with van der Waals surface area (Å²) in [5.74, 6) is -3.53. The van der Waals surface area contributed by atoms with Gasteiger partial charge in [0.2, 0.25) is 0 Å². The van der Waals surface area contributed by atoms with Crippen LogP contribution in [0.25, 0.3) is 0 Å². The van der Waals surface area contributed by atoms with Crippen molar-refractivity contribution < 1.29 is 13.6 Å². The van der Waals surface area contributed by atoms with Gasteiger partial charge >= 0.3 is 0 Å². The Morgan fingerprint density at radius 1 is 1.60 bits per heavy atom. The van der Waals surface area contributed by atoms with Crippen LogP contribution >= 0.6 is 23.7 Å². The minimum Gasteiger partial charge on any atom is -0.345 e. The van der Waals surface area contributed by atoms with Gasteiger partial charge in [0.15, 0.2) is 0 Å². The molecule has 1 heterocycles. The molecule has 1 aromatic heterocycles. The van der Waals surface area contributed by atoms with Crippen LogP contribution < -0.4 is 11.1 Å². The van der Waals surface area contributed by atoms with Gasteiger partial charge in [-0.1, -0.05) is 6.07 Å². The van der Waals surface area contributed by atoms with Crippen molar-refractivity contribution in [2.24, 2.45) is 5.73 Å². The zero-order valence-corrected chi connectivity index (χ0v) is 9.34. The Labute approximate surface area is 96.1 Å². The molecule has 0 atom stereocenters. The molecule has 0 saturated heterocycles. The number of nitrogens with one attached hydrogen (secondary N) is 1. The molecule has 1 rings (SSSR count). The van der Waals surface area contributed by atoms with Crippen LogP contribution in [0.15, 0.2) is 17.5 Å². The van der Waals surface area contributed by atoms with E-state index in [1.54, 1.807) is 17.5 Å². The van der Waals surface area contributed by atoms with Crippen LogP contribution in [0.3, 0.4) is 0 Å². The molecule has 0 aromatic carbocycles. The van der Waals surface area contributed by atoms with E-state index in [2.05, 4.69) is 5.32 Å². The summed E-state index contributed by atoms with van der Waals surface area (Å²) >= 11 is 1.20. The van der Waals surface area contributed by atoms with Crippen LogP contribution in [0, 0.1) is 0 Å². The molecule has 0 aliphatic rings. The van der Waals surface area contributed by atoms with Crippen molar-refractivity contribution >= 4 is 29.7 Å². The molecular weight excluding hydrogens is 246 g/mol. The second kappa shape index (κ2) is 5.99. The van der Waals surface area contributed by atoms with Gasteiger partial charge in [0, 0.05) is 0 Å². The van der Waals surface area contributed by atoms with Gasteiger partial charge in [0.25, 0.3) is 11.8 Å². The highest BCUT2D eigenvalue weighted by Crippen LogP contribution is 2.11. The summed E-state index contributed by atoms with van der Waals surface area (Å²) in [5.41, 5.74) is 4.81. The van der Waals surface area contributed by atoms with Gasteiger partial charge in [-0.2, -0.15) is 0 Å².